The van der Waals surface area contributed by atoms with Crippen LogP contribution < -0.4 is 5.56 Å². The average molecular weight is 188 g/mol. The van der Waals surface area contributed by atoms with Crippen LogP contribution in [0.15, 0.2) is 29.3 Å². The topological polar surface area (TPSA) is 34.9 Å². The number of hydrogen-bond donors (Lipinski definition) is 0. The molecule has 1 heterocycles. The first-order valence-corrected chi connectivity index (χ1v) is 4.69. The van der Waals surface area contributed by atoms with Gasteiger partial charge in [-0.05, 0) is 25.5 Å². The van der Waals surface area contributed by atoms with Crippen molar-refractivity contribution in [1.29, 1.82) is 0 Å². The summed E-state index contributed by atoms with van der Waals surface area (Å²) in [5.41, 5.74) is 1.89. The Bertz CT molecular complexity index is 528. The second kappa shape index (κ2) is 3.25. The highest BCUT2D eigenvalue weighted by molar-refractivity contribution is 5.80. The minimum Gasteiger partial charge on any atom is -0.299 e. The summed E-state index contributed by atoms with van der Waals surface area (Å²) in [5.74, 6) is 0. The van der Waals surface area contributed by atoms with Gasteiger partial charge in [-0.2, -0.15) is 0 Å². The molecule has 0 bridgehead atoms. The number of benzene rings is 1. The van der Waals surface area contributed by atoms with Gasteiger partial charge < -0.3 is 0 Å². The maximum atomic E-state index is 11.8. The van der Waals surface area contributed by atoms with E-state index in [-0.39, 0.29) is 5.56 Å². The Morgan fingerprint density at radius 1 is 1.43 bits per heavy atom. The van der Waals surface area contributed by atoms with Crippen LogP contribution in [0.25, 0.3) is 10.9 Å². The third-order valence-electron chi connectivity index (χ3n) is 2.40. The molecule has 0 saturated heterocycles. The fourth-order valence-corrected chi connectivity index (χ4v) is 1.56. The number of hydrogen-bond acceptors (Lipinski definition) is 2. The van der Waals surface area contributed by atoms with Crippen molar-refractivity contribution in [2.75, 3.05) is 0 Å². The van der Waals surface area contributed by atoms with E-state index in [1.54, 1.807) is 10.9 Å². The quantitative estimate of drug-likeness (QED) is 0.683. The Kier molecular flexibility index (Phi) is 2.08. The van der Waals surface area contributed by atoms with Gasteiger partial charge in [-0.25, -0.2) is 4.98 Å². The van der Waals surface area contributed by atoms with Gasteiger partial charge in [0.25, 0.3) is 5.56 Å². The highest BCUT2D eigenvalue weighted by Gasteiger charge is 2.03. The summed E-state index contributed by atoms with van der Waals surface area (Å²) < 4.78 is 1.61. The van der Waals surface area contributed by atoms with Crippen LogP contribution in [0.4, 0.5) is 0 Å². The number of para-hydroxylation sites is 1. The van der Waals surface area contributed by atoms with E-state index in [0.717, 1.165) is 11.1 Å². The lowest BCUT2D eigenvalue weighted by Crippen LogP contribution is -2.19. The molecule has 0 aliphatic carbocycles. The molecule has 0 N–H and O–H groups in total. The fourth-order valence-electron chi connectivity index (χ4n) is 1.56. The second-order valence-electron chi connectivity index (χ2n) is 3.31. The van der Waals surface area contributed by atoms with Crippen LogP contribution in [0.5, 0.6) is 0 Å². The summed E-state index contributed by atoms with van der Waals surface area (Å²) >= 11 is 0. The molecule has 1 aromatic heterocycles. The number of rotatable bonds is 1. The van der Waals surface area contributed by atoms with Crippen molar-refractivity contribution in [3.05, 3.63) is 40.4 Å². The molecular weight excluding hydrogens is 176 g/mol. The van der Waals surface area contributed by atoms with E-state index in [0.29, 0.717) is 11.9 Å². The molecule has 0 unspecified atom stereocenters. The highest BCUT2D eigenvalue weighted by Crippen LogP contribution is 2.10. The van der Waals surface area contributed by atoms with Crippen molar-refractivity contribution in [1.82, 2.24) is 9.55 Å². The van der Waals surface area contributed by atoms with Crippen LogP contribution in [0.1, 0.15) is 12.5 Å². The van der Waals surface area contributed by atoms with Gasteiger partial charge in [0.1, 0.15) is 0 Å². The zero-order valence-electron chi connectivity index (χ0n) is 8.32. The van der Waals surface area contributed by atoms with E-state index in [9.17, 15) is 4.79 Å². The number of aromatic nitrogens is 2. The Labute approximate surface area is 82.0 Å². The molecule has 0 radical (unpaired) electrons. The molecule has 2 rings (SSSR count). The summed E-state index contributed by atoms with van der Waals surface area (Å²) in [4.78, 5) is 16.1. The first-order chi connectivity index (χ1) is 6.74. The molecule has 3 nitrogen and oxygen atoms in total. The fraction of sp³-hybridized carbons (Fsp3) is 0.273. The Balaban J connectivity index is 2.91. The van der Waals surface area contributed by atoms with E-state index in [2.05, 4.69) is 4.98 Å². The number of fused-ring (bicyclic) bond motifs is 1. The molecule has 72 valence electrons. The van der Waals surface area contributed by atoms with Crippen molar-refractivity contribution in [3.8, 4) is 0 Å². The molecule has 0 atom stereocenters. The van der Waals surface area contributed by atoms with E-state index >= 15 is 0 Å². The van der Waals surface area contributed by atoms with E-state index in [1.807, 2.05) is 32.0 Å². The SMILES string of the molecule is CCn1cnc2c(C)cccc2c1=O. The smallest absolute Gasteiger partial charge is 0.261 e. The van der Waals surface area contributed by atoms with Crippen LogP contribution in [0.2, 0.25) is 0 Å². The number of nitrogens with zero attached hydrogens (tertiary/aromatic N) is 2. The summed E-state index contributed by atoms with van der Waals surface area (Å²) in [7, 11) is 0. The maximum absolute atomic E-state index is 11.8. The van der Waals surface area contributed by atoms with Gasteiger partial charge in [-0.1, -0.05) is 12.1 Å². The molecule has 2 aromatic rings. The predicted octanol–water partition coefficient (Wildman–Crippen LogP) is 1.72. The van der Waals surface area contributed by atoms with Crippen LogP contribution in [0, 0.1) is 6.92 Å². The van der Waals surface area contributed by atoms with Gasteiger partial charge in [0.15, 0.2) is 0 Å². The Morgan fingerprint density at radius 3 is 2.93 bits per heavy atom. The first-order valence-electron chi connectivity index (χ1n) is 4.69. The molecule has 0 fully saturated rings. The van der Waals surface area contributed by atoms with Crippen molar-refractivity contribution in [2.24, 2.45) is 0 Å². The number of aryl methyl sites for hydroxylation is 2. The lowest BCUT2D eigenvalue weighted by molar-refractivity contribution is 0.717. The molecule has 0 aliphatic heterocycles. The molecule has 1 aromatic carbocycles. The molecule has 14 heavy (non-hydrogen) atoms. The van der Waals surface area contributed by atoms with Crippen molar-refractivity contribution in [2.45, 2.75) is 20.4 Å². The molecule has 0 amide bonds. The van der Waals surface area contributed by atoms with Crippen molar-refractivity contribution in [3.63, 3.8) is 0 Å². The van der Waals surface area contributed by atoms with Gasteiger partial charge in [0.2, 0.25) is 0 Å². The Hall–Kier alpha value is -1.64. The zero-order chi connectivity index (χ0) is 10.1. The third kappa shape index (κ3) is 1.21. The summed E-state index contributed by atoms with van der Waals surface area (Å²) in [6, 6.07) is 5.68. The highest BCUT2D eigenvalue weighted by atomic mass is 16.1. The van der Waals surface area contributed by atoms with Gasteiger partial charge >= 0.3 is 0 Å². The molecule has 3 heteroatoms. The molecule has 0 saturated carbocycles. The van der Waals surface area contributed by atoms with Crippen LogP contribution in [-0.4, -0.2) is 9.55 Å². The second-order valence-corrected chi connectivity index (χ2v) is 3.31. The molecule has 0 spiro atoms. The first kappa shape index (κ1) is 8.94. The zero-order valence-corrected chi connectivity index (χ0v) is 8.32. The lowest BCUT2D eigenvalue weighted by Gasteiger charge is -2.04. The van der Waals surface area contributed by atoms with E-state index < -0.39 is 0 Å². The predicted molar refractivity (Wildman–Crippen MR) is 56.4 cm³/mol. The van der Waals surface area contributed by atoms with Gasteiger partial charge in [0, 0.05) is 6.54 Å². The maximum Gasteiger partial charge on any atom is 0.261 e. The Morgan fingerprint density at radius 2 is 2.21 bits per heavy atom. The summed E-state index contributed by atoms with van der Waals surface area (Å²) in [6.07, 6.45) is 1.61. The monoisotopic (exact) mass is 188 g/mol. The minimum absolute atomic E-state index is 0.0428. The van der Waals surface area contributed by atoms with E-state index in [1.165, 1.54) is 0 Å². The van der Waals surface area contributed by atoms with Crippen LogP contribution in [0.3, 0.4) is 0 Å². The van der Waals surface area contributed by atoms with Crippen molar-refractivity contribution < 1.29 is 0 Å². The molecular formula is C11H12N2O. The average Bonchev–Trinajstić information content (AvgIpc) is 2.20. The lowest BCUT2D eigenvalue weighted by atomic mass is 10.1. The van der Waals surface area contributed by atoms with Crippen molar-refractivity contribution >= 4 is 10.9 Å². The summed E-state index contributed by atoms with van der Waals surface area (Å²) in [6.45, 7) is 4.56. The van der Waals surface area contributed by atoms with Crippen LogP contribution in [-0.2, 0) is 6.54 Å². The standard InChI is InChI=1S/C11H12N2O/c1-3-13-7-12-10-8(2)5-4-6-9(10)11(13)14/h4-7H,3H2,1-2H3. The van der Waals surface area contributed by atoms with E-state index in [4.69, 9.17) is 0 Å². The van der Waals surface area contributed by atoms with Crippen LogP contribution >= 0.6 is 0 Å². The van der Waals surface area contributed by atoms with Gasteiger partial charge in [-0.15, -0.1) is 0 Å². The normalized spacial score (nSPS) is 10.7. The van der Waals surface area contributed by atoms with Gasteiger partial charge in [-0.3, -0.25) is 9.36 Å². The molecule has 0 aliphatic rings. The summed E-state index contributed by atoms with van der Waals surface area (Å²) in [5, 5.41) is 0.703. The minimum atomic E-state index is 0.0428. The third-order valence-corrected chi connectivity index (χ3v) is 2.40. The van der Waals surface area contributed by atoms with Gasteiger partial charge in [0.05, 0.1) is 17.2 Å². The largest absolute Gasteiger partial charge is 0.299 e.